The Kier molecular flexibility index (Phi) is 4.71. The summed E-state index contributed by atoms with van der Waals surface area (Å²) in [6.45, 7) is 5.33. The number of ether oxygens (including phenoxy) is 1. The van der Waals surface area contributed by atoms with Crippen molar-refractivity contribution in [3.8, 4) is 5.75 Å². The molecular weight excluding hydrogens is 260 g/mol. The Balaban J connectivity index is 2.03. The maximum absolute atomic E-state index is 6.29. The van der Waals surface area contributed by atoms with E-state index in [0.717, 1.165) is 48.8 Å². The van der Waals surface area contributed by atoms with Gasteiger partial charge in [0, 0.05) is 35.8 Å². The number of benzene rings is 1. The zero-order chi connectivity index (χ0) is 13.9. The number of nitrogens with one attached hydrogen (secondary N) is 1. The van der Waals surface area contributed by atoms with E-state index in [4.69, 9.17) is 16.3 Å². The van der Waals surface area contributed by atoms with E-state index < -0.39 is 0 Å². The SMILES string of the molecule is CNC1(C)CCN(Cc2c(Cl)cccc2OC)CC1. The van der Waals surface area contributed by atoms with Gasteiger partial charge >= 0.3 is 0 Å². The highest BCUT2D eigenvalue weighted by molar-refractivity contribution is 6.31. The first kappa shape index (κ1) is 14.6. The van der Waals surface area contributed by atoms with E-state index in [1.54, 1.807) is 7.11 Å². The summed E-state index contributed by atoms with van der Waals surface area (Å²) in [7, 11) is 3.75. The molecule has 0 atom stereocenters. The van der Waals surface area contributed by atoms with Crippen LogP contribution in [0.4, 0.5) is 0 Å². The van der Waals surface area contributed by atoms with E-state index in [1.807, 2.05) is 25.2 Å². The van der Waals surface area contributed by atoms with Crippen LogP contribution < -0.4 is 10.1 Å². The molecule has 0 aromatic heterocycles. The van der Waals surface area contributed by atoms with Crippen LogP contribution in [0.2, 0.25) is 5.02 Å². The van der Waals surface area contributed by atoms with Crippen molar-refractivity contribution in [2.45, 2.75) is 31.8 Å². The lowest BCUT2D eigenvalue weighted by Gasteiger charge is -2.39. The Hall–Kier alpha value is -0.770. The lowest BCUT2D eigenvalue weighted by Crippen LogP contribution is -2.49. The van der Waals surface area contributed by atoms with E-state index >= 15 is 0 Å². The van der Waals surface area contributed by atoms with Gasteiger partial charge in [-0.3, -0.25) is 4.90 Å². The topological polar surface area (TPSA) is 24.5 Å². The van der Waals surface area contributed by atoms with Crippen molar-refractivity contribution in [1.29, 1.82) is 0 Å². The number of halogens is 1. The van der Waals surface area contributed by atoms with Crippen molar-refractivity contribution < 1.29 is 4.74 Å². The van der Waals surface area contributed by atoms with Gasteiger partial charge < -0.3 is 10.1 Å². The Morgan fingerprint density at radius 2 is 2.05 bits per heavy atom. The van der Waals surface area contributed by atoms with Gasteiger partial charge in [0.05, 0.1) is 7.11 Å². The minimum absolute atomic E-state index is 0.279. The number of nitrogens with zero attached hydrogens (tertiary/aromatic N) is 1. The van der Waals surface area contributed by atoms with Crippen LogP contribution in [0.15, 0.2) is 18.2 Å². The molecule has 1 heterocycles. The highest BCUT2D eigenvalue weighted by Crippen LogP contribution is 2.29. The van der Waals surface area contributed by atoms with E-state index in [9.17, 15) is 0 Å². The molecule has 0 bridgehead atoms. The molecule has 1 aliphatic rings. The Labute approximate surface area is 120 Å². The summed E-state index contributed by atoms with van der Waals surface area (Å²) in [6.07, 6.45) is 2.33. The van der Waals surface area contributed by atoms with Gasteiger partial charge in [0.2, 0.25) is 0 Å². The molecule has 1 aliphatic heterocycles. The van der Waals surface area contributed by atoms with Crippen molar-refractivity contribution >= 4 is 11.6 Å². The molecule has 0 spiro atoms. The first-order valence-electron chi connectivity index (χ1n) is 6.80. The molecule has 1 aromatic rings. The lowest BCUT2D eigenvalue weighted by atomic mass is 9.90. The standard InChI is InChI=1S/C15H23ClN2O/c1-15(17-2)7-9-18(10-8-15)11-12-13(16)5-4-6-14(12)19-3/h4-6,17H,7-11H2,1-3H3. The highest BCUT2D eigenvalue weighted by atomic mass is 35.5. The average Bonchev–Trinajstić information content (AvgIpc) is 2.43. The normalized spacial score (nSPS) is 19.4. The second-order valence-electron chi connectivity index (χ2n) is 5.51. The quantitative estimate of drug-likeness (QED) is 0.919. The number of rotatable bonds is 4. The largest absolute Gasteiger partial charge is 0.496 e. The van der Waals surface area contributed by atoms with E-state index in [0.29, 0.717) is 0 Å². The predicted octanol–water partition coefficient (Wildman–Crippen LogP) is 2.92. The number of methoxy groups -OCH3 is 1. The van der Waals surface area contributed by atoms with E-state index in [2.05, 4.69) is 17.1 Å². The summed E-state index contributed by atoms with van der Waals surface area (Å²) in [4.78, 5) is 2.45. The molecule has 3 nitrogen and oxygen atoms in total. The number of piperidine rings is 1. The van der Waals surface area contributed by atoms with Crippen molar-refractivity contribution in [2.24, 2.45) is 0 Å². The van der Waals surface area contributed by atoms with E-state index in [-0.39, 0.29) is 5.54 Å². The summed E-state index contributed by atoms with van der Waals surface area (Å²) >= 11 is 6.29. The van der Waals surface area contributed by atoms with Crippen LogP contribution in [0.5, 0.6) is 5.75 Å². The van der Waals surface area contributed by atoms with Gasteiger partial charge in [0.25, 0.3) is 0 Å². The summed E-state index contributed by atoms with van der Waals surface area (Å²) in [5.74, 6) is 0.884. The second-order valence-corrected chi connectivity index (χ2v) is 5.91. The van der Waals surface area contributed by atoms with Crippen LogP contribution in [0.3, 0.4) is 0 Å². The van der Waals surface area contributed by atoms with E-state index in [1.165, 1.54) is 0 Å². The zero-order valence-electron chi connectivity index (χ0n) is 12.0. The third-order valence-electron chi connectivity index (χ3n) is 4.24. The maximum atomic E-state index is 6.29. The molecule has 1 fully saturated rings. The molecule has 1 N–H and O–H groups in total. The summed E-state index contributed by atoms with van der Waals surface area (Å²) in [5, 5.41) is 4.21. The molecule has 0 aliphatic carbocycles. The molecule has 0 radical (unpaired) electrons. The van der Waals surface area contributed by atoms with Crippen molar-refractivity contribution in [2.75, 3.05) is 27.2 Å². The molecule has 0 unspecified atom stereocenters. The molecule has 106 valence electrons. The molecular formula is C15H23ClN2O. The molecule has 1 aromatic carbocycles. The third kappa shape index (κ3) is 3.41. The highest BCUT2D eigenvalue weighted by Gasteiger charge is 2.28. The molecule has 0 saturated carbocycles. The predicted molar refractivity (Wildman–Crippen MR) is 80.0 cm³/mol. The molecule has 0 amide bonds. The van der Waals surface area contributed by atoms with Crippen molar-refractivity contribution in [3.05, 3.63) is 28.8 Å². The van der Waals surface area contributed by atoms with Gasteiger partial charge in [-0.2, -0.15) is 0 Å². The molecule has 1 saturated heterocycles. The van der Waals surface area contributed by atoms with Gasteiger partial charge in [0.15, 0.2) is 0 Å². The van der Waals surface area contributed by atoms with Crippen LogP contribution in [-0.2, 0) is 6.54 Å². The average molecular weight is 283 g/mol. The number of hydrogen-bond donors (Lipinski definition) is 1. The minimum Gasteiger partial charge on any atom is -0.496 e. The van der Waals surface area contributed by atoms with Crippen LogP contribution >= 0.6 is 11.6 Å². The van der Waals surface area contributed by atoms with Crippen LogP contribution in [0, 0.1) is 0 Å². The van der Waals surface area contributed by atoms with Crippen molar-refractivity contribution in [1.82, 2.24) is 10.2 Å². The summed E-state index contributed by atoms with van der Waals surface area (Å²) < 4.78 is 5.41. The van der Waals surface area contributed by atoms with Crippen LogP contribution in [0.1, 0.15) is 25.3 Å². The van der Waals surface area contributed by atoms with Gasteiger partial charge in [-0.1, -0.05) is 17.7 Å². The first-order chi connectivity index (χ1) is 9.08. The third-order valence-corrected chi connectivity index (χ3v) is 4.59. The maximum Gasteiger partial charge on any atom is 0.124 e. The summed E-state index contributed by atoms with van der Waals surface area (Å²) in [6, 6.07) is 5.84. The lowest BCUT2D eigenvalue weighted by molar-refractivity contribution is 0.145. The Morgan fingerprint density at radius 1 is 1.37 bits per heavy atom. The minimum atomic E-state index is 0.279. The molecule has 2 rings (SSSR count). The van der Waals surface area contributed by atoms with Crippen LogP contribution in [-0.4, -0.2) is 37.7 Å². The first-order valence-corrected chi connectivity index (χ1v) is 7.18. The fourth-order valence-electron chi connectivity index (χ4n) is 2.56. The van der Waals surface area contributed by atoms with Gasteiger partial charge in [-0.15, -0.1) is 0 Å². The van der Waals surface area contributed by atoms with Gasteiger partial charge in [-0.25, -0.2) is 0 Å². The number of likely N-dealkylation sites (tertiary alicyclic amines) is 1. The summed E-state index contributed by atoms with van der Waals surface area (Å²) in [5.41, 5.74) is 1.38. The van der Waals surface area contributed by atoms with Crippen LogP contribution in [0.25, 0.3) is 0 Å². The second kappa shape index (κ2) is 6.12. The Bertz CT molecular complexity index is 428. The number of hydrogen-bond acceptors (Lipinski definition) is 3. The molecule has 19 heavy (non-hydrogen) atoms. The van der Waals surface area contributed by atoms with Gasteiger partial charge in [0.1, 0.15) is 5.75 Å². The fraction of sp³-hybridized carbons (Fsp3) is 0.600. The van der Waals surface area contributed by atoms with Gasteiger partial charge in [-0.05, 0) is 38.9 Å². The zero-order valence-corrected chi connectivity index (χ0v) is 12.8. The Morgan fingerprint density at radius 3 is 2.63 bits per heavy atom. The van der Waals surface area contributed by atoms with Crippen molar-refractivity contribution in [3.63, 3.8) is 0 Å². The monoisotopic (exact) mass is 282 g/mol. The smallest absolute Gasteiger partial charge is 0.124 e. The molecule has 4 heteroatoms. The fourth-order valence-corrected chi connectivity index (χ4v) is 2.79.